The molecule has 1 amide bonds. The molecule has 0 atom stereocenters. The number of halogens is 3. The number of primary amides is 1. The monoisotopic (exact) mass is 336 g/mol. The predicted octanol–water partition coefficient (Wildman–Crippen LogP) is 2.75. The van der Waals surface area contributed by atoms with Crippen molar-refractivity contribution in [3.63, 3.8) is 0 Å². The Balaban J connectivity index is 2.27. The molecule has 24 heavy (non-hydrogen) atoms. The number of aromatic nitrogens is 3. The number of nitrogens with one attached hydrogen (secondary N) is 1. The van der Waals surface area contributed by atoms with E-state index in [-0.39, 0.29) is 5.56 Å². The third-order valence-corrected chi connectivity index (χ3v) is 3.47. The fourth-order valence-corrected chi connectivity index (χ4v) is 2.37. The number of rotatable bonds is 3. The minimum atomic E-state index is -4.68. The molecule has 3 rings (SSSR count). The molecule has 2 aromatic heterocycles. The van der Waals surface area contributed by atoms with Crippen LogP contribution in [0.4, 0.5) is 13.2 Å². The van der Waals surface area contributed by atoms with Crippen LogP contribution in [0.2, 0.25) is 0 Å². The summed E-state index contributed by atoms with van der Waals surface area (Å²) in [6.45, 7) is 0. The fourth-order valence-electron chi connectivity index (χ4n) is 2.37. The van der Waals surface area contributed by atoms with Crippen LogP contribution in [0.1, 0.15) is 16.2 Å². The first-order valence-corrected chi connectivity index (χ1v) is 6.71. The maximum Gasteiger partial charge on any atom is 0.433 e. The normalized spacial score (nSPS) is 11.7. The molecular weight excluding hydrogens is 325 g/mol. The average molecular weight is 336 g/mol. The van der Waals surface area contributed by atoms with Gasteiger partial charge in [-0.15, -0.1) is 0 Å². The highest BCUT2D eigenvalue weighted by Crippen LogP contribution is 2.36. The van der Waals surface area contributed by atoms with Crippen molar-refractivity contribution < 1.29 is 22.7 Å². The second kappa shape index (κ2) is 5.52. The smallest absolute Gasteiger partial charge is 0.433 e. The minimum Gasteiger partial charge on any atom is -0.496 e. The van der Waals surface area contributed by atoms with Gasteiger partial charge in [0.1, 0.15) is 17.1 Å². The Labute approximate surface area is 133 Å². The maximum absolute atomic E-state index is 12.8. The number of carbonyl (C=O) groups is 1. The number of pyridine rings is 1. The lowest BCUT2D eigenvalue weighted by atomic mass is 10.00. The standard InChI is InChI=1S/C15H11F3N4O2/c1-24-11-5-10-7(6-20-22-10)4-9(11)8-2-3-12(15(16,17)18)21-13(8)14(19)23/h2-6H,1H3,(H2,19,23)(H,20,22). The summed E-state index contributed by atoms with van der Waals surface area (Å²) in [4.78, 5) is 15.0. The van der Waals surface area contributed by atoms with Gasteiger partial charge in [-0.25, -0.2) is 4.98 Å². The molecular formula is C15H11F3N4O2. The predicted molar refractivity (Wildman–Crippen MR) is 79.4 cm³/mol. The number of benzene rings is 1. The van der Waals surface area contributed by atoms with Crippen LogP contribution >= 0.6 is 0 Å². The zero-order valence-electron chi connectivity index (χ0n) is 12.3. The van der Waals surface area contributed by atoms with E-state index >= 15 is 0 Å². The van der Waals surface area contributed by atoms with E-state index in [0.29, 0.717) is 22.2 Å². The molecule has 0 aliphatic heterocycles. The first-order valence-electron chi connectivity index (χ1n) is 6.71. The number of alkyl halides is 3. The molecule has 6 nitrogen and oxygen atoms in total. The summed E-state index contributed by atoms with van der Waals surface area (Å²) < 4.78 is 43.7. The summed E-state index contributed by atoms with van der Waals surface area (Å²) in [7, 11) is 1.41. The van der Waals surface area contributed by atoms with Gasteiger partial charge in [0.2, 0.25) is 0 Å². The largest absolute Gasteiger partial charge is 0.496 e. The zero-order valence-corrected chi connectivity index (χ0v) is 12.3. The molecule has 0 spiro atoms. The van der Waals surface area contributed by atoms with Crippen molar-refractivity contribution in [2.24, 2.45) is 5.73 Å². The molecule has 0 bridgehead atoms. The van der Waals surface area contributed by atoms with Crippen molar-refractivity contribution in [3.8, 4) is 16.9 Å². The van der Waals surface area contributed by atoms with E-state index in [9.17, 15) is 18.0 Å². The lowest BCUT2D eigenvalue weighted by molar-refractivity contribution is -0.141. The molecule has 1 aromatic carbocycles. The molecule has 2 heterocycles. The van der Waals surface area contributed by atoms with E-state index in [2.05, 4.69) is 15.2 Å². The van der Waals surface area contributed by atoms with Gasteiger partial charge in [0, 0.05) is 22.6 Å². The Morgan fingerprint density at radius 3 is 2.62 bits per heavy atom. The van der Waals surface area contributed by atoms with Crippen LogP contribution < -0.4 is 10.5 Å². The topological polar surface area (TPSA) is 93.9 Å². The highest BCUT2D eigenvalue weighted by molar-refractivity contribution is 6.00. The quantitative estimate of drug-likeness (QED) is 0.769. The van der Waals surface area contributed by atoms with Crippen molar-refractivity contribution in [2.75, 3.05) is 7.11 Å². The van der Waals surface area contributed by atoms with Gasteiger partial charge >= 0.3 is 6.18 Å². The first-order chi connectivity index (χ1) is 11.3. The van der Waals surface area contributed by atoms with Gasteiger partial charge < -0.3 is 10.5 Å². The lowest BCUT2D eigenvalue weighted by Crippen LogP contribution is -2.18. The van der Waals surface area contributed by atoms with Gasteiger partial charge in [0.25, 0.3) is 5.91 Å². The number of carbonyl (C=O) groups excluding carboxylic acids is 1. The Bertz CT molecular complexity index is 934. The summed E-state index contributed by atoms with van der Waals surface area (Å²) in [5.41, 5.74) is 4.76. The maximum atomic E-state index is 12.8. The van der Waals surface area contributed by atoms with E-state index < -0.39 is 23.5 Å². The van der Waals surface area contributed by atoms with Crippen LogP contribution in [-0.2, 0) is 6.18 Å². The minimum absolute atomic E-state index is 0.149. The Hall–Kier alpha value is -3.10. The van der Waals surface area contributed by atoms with Crippen molar-refractivity contribution in [1.29, 1.82) is 0 Å². The first kappa shape index (κ1) is 15.8. The van der Waals surface area contributed by atoms with E-state index in [1.807, 2.05) is 0 Å². The number of ether oxygens (including phenoxy) is 1. The van der Waals surface area contributed by atoms with Gasteiger partial charge in [-0.05, 0) is 18.2 Å². The molecule has 0 saturated heterocycles. The molecule has 3 N–H and O–H groups in total. The lowest BCUT2D eigenvalue weighted by Gasteiger charge is -2.13. The Kier molecular flexibility index (Phi) is 3.63. The number of methoxy groups -OCH3 is 1. The third-order valence-electron chi connectivity index (χ3n) is 3.47. The highest BCUT2D eigenvalue weighted by atomic mass is 19.4. The average Bonchev–Trinajstić information content (AvgIpc) is 2.99. The van der Waals surface area contributed by atoms with Crippen LogP contribution in [0.25, 0.3) is 22.0 Å². The van der Waals surface area contributed by atoms with Gasteiger partial charge in [-0.2, -0.15) is 18.3 Å². The SMILES string of the molecule is COc1cc2[nH]ncc2cc1-c1ccc(C(F)(F)F)nc1C(N)=O. The van der Waals surface area contributed by atoms with Gasteiger partial charge in [0.15, 0.2) is 0 Å². The van der Waals surface area contributed by atoms with E-state index in [0.717, 1.165) is 12.1 Å². The molecule has 0 aliphatic rings. The number of hydrogen-bond donors (Lipinski definition) is 2. The molecule has 0 radical (unpaired) electrons. The van der Waals surface area contributed by atoms with Crippen LogP contribution in [0, 0.1) is 0 Å². The van der Waals surface area contributed by atoms with Gasteiger partial charge in [-0.3, -0.25) is 9.89 Å². The zero-order chi connectivity index (χ0) is 17.5. The van der Waals surface area contributed by atoms with Crippen LogP contribution in [0.3, 0.4) is 0 Å². The summed E-state index contributed by atoms with van der Waals surface area (Å²) in [6.07, 6.45) is -3.14. The van der Waals surface area contributed by atoms with Crippen LogP contribution in [-0.4, -0.2) is 28.2 Å². The summed E-state index contributed by atoms with van der Waals surface area (Å²) in [5, 5.41) is 7.33. The second-order valence-corrected chi connectivity index (χ2v) is 4.96. The molecule has 0 unspecified atom stereocenters. The Morgan fingerprint density at radius 1 is 1.25 bits per heavy atom. The molecule has 0 fully saturated rings. The van der Waals surface area contributed by atoms with Crippen molar-refractivity contribution in [3.05, 3.63) is 41.9 Å². The van der Waals surface area contributed by atoms with E-state index in [1.165, 1.54) is 7.11 Å². The molecule has 124 valence electrons. The number of nitrogens with two attached hydrogens (primary N) is 1. The summed E-state index contributed by atoms with van der Waals surface area (Å²) in [5.74, 6) is -0.721. The van der Waals surface area contributed by atoms with Gasteiger partial charge in [0.05, 0.1) is 18.8 Å². The van der Waals surface area contributed by atoms with Crippen molar-refractivity contribution in [1.82, 2.24) is 15.2 Å². The number of fused-ring (bicyclic) bond motifs is 1. The molecule has 0 saturated carbocycles. The number of hydrogen-bond acceptors (Lipinski definition) is 4. The van der Waals surface area contributed by atoms with Crippen molar-refractivity contribution >= 4 is 16.8 Å². The van der Waals surface area contributed by atoms with Crippen LogP contribution in [0.5, 0.6) is 5.75 Å². The van der Waals surface area contributed by atoms with E-state index in [4.69, 9.17) is 10.5 Å². The van der Waals surface area contributed by atoms with Gasteiger partial charge in [-0.1, -0.05) is 0 Å². The Morgan fingerprint density at radius 2 is 2.00 bits per heavy atom. The number of H-pyrrole nitrogens is 1. The summed E-state index contributed by atoms with van der Waals surface area (Å²) in [6, 6.07) is 5.20. The molecule has 0 aliphatic carbocycles. The summed E-state index contributed by atoms with van der Waals surface area (Å²) >= 11 is 0. The number of aromatic amines is 1. The number of amides is 1. The van der Waals surface area contributed by atoms with E-state index in [1.54, 1.807) is 18.3 Å². The second-order valence-electron chi connectivity index (χ2n) is 4.96. The van der Waals surface area contributed by atoms with Crippen molar-refractivity contribution in [2.45, 2.75) is 6.18 Å². The number of nitrogens with zero attached hydrogens (tertiary/aromatic N) is 2. The van der Waals surface area contributed by atoms with Crippen LogP contribution in [0.15, 0.2) is 30.5 Å². The third kappa shape index (κ3) is 2.64. The fraction of sp³-hybridized carbons (Fsp3) is 0.133. The highest BCUT2D eigenvalue weighted by Gasteiger charge is 2.34. The molecule has 9 heteroatoms. The molecule has 3 aromatic rings.